The third kappa shape index (κ3) is 3.11. The SMILES string of the molecule is CCCC(C)C(Cl)c1ccc(OC)cc1F. The predicted molar refractivity (Wildman–Crippen MR) is 65.6 cm³/mol. The predicted octanol–water partition coefficient (Wildman–Crippen LogP) is 4.55. The molecule has 0 radical (unpaired) electrons. The van der Waals surface area contributed by atoms with Crippen molar-refractivity contribution < 1.29 is 9.13 Å². The van der Waals surface area contributed by atoms with Gasteiger partial charge in [0.05, 0.1) is 12.5 Å². The lowest BCUT2D eigenvalue weighted by Crippen LogP contribution is -2.06. The molecule has 1 rings (SSSR count). The Morgan fingerprint density at radius 1 is 1.44 bits per heavy atom. The summed E-state index contributed by atoms with van der Waals surface area (Å²) < 4.78 is 18.7. The van der Waals surface area contributed by atoms with Crippen molar-refractivity contribution in [2.24, 2.45) is 5.92 Å². The zero-order valence-corrected chi connectivity index (χ0v) is 10.7. The van der Waals surface area contributed by atoms with Crippen LogP contribution in [-0.4, -0.2) is 7.11 Å². The molecule has 1 aromatic carbocycles. The molecule has 0 heterocycles. The molecule has 0 spiro atoms. The highest BCUT2D eigenvalue weighted by atomic mass is 35.5. The average Bonchev–Trinajstić information content (AvgIpc) is 2.28. The van der Waals surface area contributed by atoms with Crippen molar-refractivity contribution in [3.05, 3.63) is 29.6 Å². The maximum absolute atomic E-state index is 13.7. The fraction of sp³-hybridized carbons (Fsp3) is 0.538. The van der Waals surface area contributed by atoms with Crippen molar-refractivity contribution in [1.82, 2.24) is 0 Å². The summed E-state index contributed by atoms with van der Waals surface area (Å²) in [6, 6.07) is 4.83. The molecule has 90 valence electrons. The van der Waals surface area contributed by atoms with Crippen LogP contribution in [0.3, 0.4) is 0 Å². The van der Waals surface area contributed by atoms with E-state index in [-0.39, 0.29) is 17.1 Å². The molecule has 16 heavy (non-hydrogen) atoms. The highest BCUT2D eigenvalue weighted by Gasteiger charge is 2.19. The van der Waals surface area contributed by atoms with Gasteiger partial charge in [0.15, 0.2) is 0 Å². The Labute approximate surface area is 102 Å². The number of halogens is 2. The summed E-state index contributed by atoms with van der Waals surface area (Å²) in [6.07, 6.45) is 2.06. The normalized spacial score (nSPS) is 14.6. The number of hydrogen-bond acceptors (Lipinski definition) is 1. The van der Waals surface area contributed by atoms with Gasteiger partial charge in [0, 0.05) is 11.6 Å². The Morgan fingerprint density at radius 2 is 2.12 bits per heavy atom. The molecule has 0 amide bonds. The van der Waals surface area contributed by atoms with Gasteiger partial charge in [0.2, 0.25) is 0 Å². The maximum atomic E-state index is 13.7. The number of alkyl halides is 1. The molecular weight excluding hydrogens is 227 g/mol. The smallest absolute Gasteiger partial charge is 0.131 e. The standard InChI is InChI=1S/C13H18ClFO/c1-4-5-9(2)13(14)11-7-6-10(16-3)8-12(11)15/h6-9,13H,4-5H2,1-3H3. The number of rotatable bonds is 5. The van der Waals surface area contributed by atoms with Crippen LogP contribution in [-0.2, 0) is 0 Å². The summed E-state index contributed by atoms with van der Waals surface area (Å²) in [5.74, 6) is 0.505. The molecule has 0 aromatic heterocycles. The van der Waals surface area contributed by atoms with Crippen molar-refractivity contribution in [1.29, 1.82) is 0 Å². The minimum atomic E-state index is -0.290. The second-order valence-electron chi connectivity index (χ2n) is 4.06. The zero-order valence-electron chi connectivity index (χ0n) is 9.97. The second-order valence-corrected chi connectivity index (χ2v) is 4.53. The van der Waals surface area contributed by atoms with Crippen LogP contribution in [0.25, 0.3) is 0 Å². The van der Waals surface area contributed by atoms with Crippen LogP contribution >= 0.6 is 11.6 Å². The Hall–Kier alpha value is -0.760. The van der Waals surface area contributed by atoms with Crippen molar-refractivity contribution in [3.8, 4) is 5.75 Å². The molecule has 0 aliphatic carbocycles. The lowest BCUT2D eigenvalue weighted by Gasteiger charge is -2.18. The summed E-state index contributed by atoms with van der Waals surface area (Å²) in [5, 5.41) is -0.272. The molecule has 2 unspecified atom stereocenters. The van der Waals surface area contributed by atoms with Gasteiger partial charge in [-0.3, -0.25) is 0 Å². The first-order valence-corrected chi connectivity index (χ1v) is 6.01. The van der Waals surface area contributed by atoms with E-state index in [9.17, 15) is 4.39 Å². The first-order chi connectivity index (χ1) is 7.60. The highest BCUT2D eigenvalue weighted by molar-refractivity contribution is 6.21. The first-order valence-electron chi connectivity index (χ1n) is 5.57. The van der Waals surface area contributed by atoms with Crippen molar-refractivity contribution in [2.45, 2.75) is 32.1 Å². The third-order valence-electron chi connectivity index (χ3n) is 2.75. The number of benzene rings is 1. The number of ether oxygens (including phenoxy) is 1. The van der Waals surface area contributed by atoms with Gasteiger partial charge in [-0.2, -0.15) is 0 Å². The van der Waals surface area contributed by atoms with Gasteiger partial charge >= 0.3 is 0 Å². The lowest BCUT2D eigenvalue weighted by molar-refractivity contribution is 0.409. The van der Waals surface area contributed by atoms with E-state index in [1.165, 1.54) is 13.2 Å². The fourth-order valence-corrected chi connectivity index (χ4v) is 2.07. The summed E-state index contributed by atoms with van der Waals surface area (Å²) in [6.45, 7) is 4.15. The summed E-state index contributed by atoms with van der Waals surface area (Å²) in [7, 11) is 1.52. The molecular formula is C13H18ClFO. The molecule has 0 N–H and O–H groups in total. The van der Waals surface area contributed by atoms with E-state index in [0.29, 0.717) is 11.3 Å². The van der Waals surface area contributed by atoms with Crippen LogP contribution < -0.4 is 4.74 Å². The van der Waals surface area contributed by atoms with E-state index < -0.39 is 0 Å². The van der Waals surface area contributed by atoms with Crippen LogP contribution in [0.15, 0.2) is 18.2 Å². The third-order valence-corrected chi connectivity index (χ3v) is 3.41. The van der Waals surface area contributed by atoms with Crippen molar-refractivity contribution >= 4 is 11.6 Å². The van der Waals surface area contributed by atoms with E-state index in [1.54, 1.807) is 12.1 Å². The fourth-order valence-electron chi connectivity index (χ4n) is 1.77. The van der Waals surface area contributed by atoms with Crippen LogP contribution in [0.2, 0.25) is 0 Å². The van der Waals surface area contributed by atoms with Crippen LogP contribution in [0, 0.1) is 11.7 Å². The van der Waals surface area contributed by atoms with Gasteiger partial charge < -0.3 is 4.74 Å². The number of hydrogen-bond donors (Lipinski definition) is 0. The topological polar surface area (TPSA) is 9.23 Å². The highest BCUT2D eigenvalue weighted by Crippen LogP contribution is 2.34. The molecule has 0 saturated carbocycles. The summed E-state index contributed by atoms with van der Waals surface area (Å²) in [5.41, 5.74) is 0.559. The monoisotopic (exact) mass is 244 g/mol. The molecule has 1 aromatic rings. The molecule has 0 bridgehead atoms. The quantitative estimate of drug-likeness (QED) is 0.691. The van der Waals surface area contributed by atoms with Gasteiger partial charge in [0.25, 0.3) is 0 Å². The largest absolute Gasteiger partial charge is 0.497 e. The van der Waals surface area contributed by atoms with Gasteiger partial charge in [0.1, 0.15) is 11.6 Å². The molecule has 0 aliphatic rings. The average molecular weight is 245 g/mol. The molecule has 2 atom stereocenters. The van der Waals surface area contributed by atoms with Gasteiger partial charge in [-0.05, 0) is 18.4 Å². The minimum Gasteiger partial charge on any atom is -0.497 e. The van der Waals surface area contributed by atoms with Crippen molar-refractivity contribution in [3.63, 3.8) is 0 Å². The summed E-state index contributed by atoms with van der Waals surface area (Å²) in [4.78, 5) is 0. The minimum absolute atomic E-state index is 0.272. The molecule has 0 saturated heterocycles. The van der Waals surface area contributed by atoms with E-state index in [1.807, 2.05) is 6.92 Å². The van der Waals surface area contributed by atoms with E-state index >= 15 is 0 Å². The Kier molecular flexibility index (Phi) is 5.07. The number of methoxy groups -OCH3 is 1. The Bertz CT molecular complexity index is 341. The lowest BCUT2D eigenvalue weighted by atomic mass is 9.96. The van der Waals surface area contributed by atoms with Gasteiger partial charge in [-0.25, -0.2) is 4.39 Å². The van der Waals surface area contributed by atoms with Gasteiger partial charge in [-0.15, -0.1) is 11.6 Å². The van der Waals surface area contributed by atoms with Gasteiger partial charge in [-0.1, -0.05) is 26.3 Å². The molecule has 3 heteroatoms. The van der Waals surface area contributed by atoms with Crippen LogP contribution in [0.1, 0.15) is 37.6 Å². The first kappa shape index (κ1) is 13.3. The Balaban J connectivity index is 2.87. The molecule has 0 aliphatic heterocycles. The summed E-state index contributed by atoms with van der Waals surface area (Å²) >= 11 is 6.26. The zero-order chi connectivity index (χ0) is 12.1. The maximum Gasteiger partial charge on any atom is 0.131 e. The van der Waals surface area contributed by atoms with E-state index in [0.717, 1.165) is 12.8 Å². The second kappa shape index (κ2) is 6.09. The van der Waals surface area contributed by atoms with Crippen LogP contribution in [0.5, 0.6) is 5.75 Å². The van der Waals surface area contributed by atoms with Crippen molar-refractivity contribution in [2.75, 3.05) is 7.11 Å². The van der Waals surface area contributed by atoms with E-state index in [4.69, 9.17) is 16.3 Å². The molecule has 0 fully saturated rings. The Morgan fingerprint density at radius 3 is 2.62 bits per heavy atom. The van der Waals surface area contributed by atoms with E-state index in [2.05, 4.69) is 6.92 Å². The molecule has 1 nitrogen and oxygen atoms in total. The van der Waals surface area contributed by atoms with Crippen LogP contribution in [0.4, 0.5) is 4.39 Å².